The Morgan fingerprint density at radius 1 is 1.35 bits per heavy atom. The molecule has 1 aromatic carbocycles. The van der Waals surface area contributed by atoms with Gasteiger partial charge >= 0.3 is 0 Å². The predicted molar refractivity (Wildman–Crippen MR) is 64.5 cm³/mol. The summed E-state index contributed by atoms with van der Waals surface area (Å²) in [6.45, 7) is 1.70. The van der Waals surface area contributed by atoms with Crippen LogP contribution in [-0.4, -0.2) is 31.5 Å². The van der Waals surface area contributed by atoms with Crippen molar-refractivity contribution in [1.82, 2.24) is 0 Å². The van der Waals surface area contributed by atoms with Gasteiger partial charge in [0.05, 0.1) is 19.8 Å². The van der Waals surface area contributed by atoms with Crippen LogP contribution in [0.1, 0.15) is 5.56 Å². The Labute approximate surface area is 110 Å². The molecule has 5 heteroatoms. The van der Waals surface area contributed by atoms with Crippen molar-refractivity contribution in [1.29, 1.82) is 0 Å². The minimum atomic E-state index is 0.0751. The molecular weight excluding hydrogens is 263 g/mol. The Morgan fingerprint density at radius 3 is 2.88 bits per heavy atom. The van der Waals surface area contributed by atoms with E-state index in [9.17, 15) is 0 Å². The van der Waals surface area contributed by atoms with E-state index in [2.05, 4.69) is 0 Å². The number of rotatable bonds is 4. The molecule has 2 aliphatic rings. The molecule has 0 radical (unpaired) electrons. The van der Waals surface area contributed by atoms with Crippen LogP contribution in [0.25, 0.3) is 0 Å². The lowest BCUT2D eigenvalue weighted by Crippen LogP contribution is -2.21. The van der Waals surface area contributed by atoms with Gasteiger partial charge in [0.15, 0.2) is 0 Å². The van der Waals surface area contributed by atoms with Gasteiger partial charge in [-0.25, -0.2) is 0 Å². The Balaban J connectivity index is 1.50. The maximum atomic E-state index is 6.04. The molecule has 0 aliphatic carbocycles. The standard InChI is InChI=1S/C12H12Cl2O3/c13-8-2-1-7(9(14)3-8)4-15-5-10-12-11(17-12)6-16-10/h1-3,10-12H,4-6H2. The highest BCUT2D eigenvalue weighted by atomic mass is 35.5. The van der Waals surface area contributed by atoms with Gasteiger partial charge in [0.25, 0.3) is 0 Å². The highest BCUT2D eigenvalue weighted by molar-refractivity contribution is 6.35. The molecule has 0 spiro atoms. The molecule has 0 saturated carbocycles. The lowest BCUT2D eigenvalue weighted by molar-refractivity contribution is -0.0322. The van der Waals surface area contributed by atoms with Crippen molar-refractivity contribution in [2.24, 2.45) is 0 Å². The van der Waals surface area contributed by atoms with E-state index in [1.54, 1.807) is 12.1 Å². The van der Waals surface area contributed by atoms with Crippen molar-refractivity contribution in [2.75, 3.05) is 13.2 Å². The van der Waals surface area contributed by atoms with Crippen LogP contribution in [0.3, 0.4) is 0 Å². The molecule has 2 aliphatic heterocycles. The number of fused-ring (bicyclic) bond motifs is 1. The first-order valence-electron chi connectivity index (χ1n) is 5.53. The van der Waals surface area contributed by atoms with Gasteiger partial charge in [-0.2, -0.15) is 0 Å². The van der Waals surface area contributed by atoms with E-state index in [0.29, 0.717) is 36.0 Å². The summed E-state index contributed by atoms with van der Waals surface area (Å²) in [5.41, 5.74) is 0.933. The van der Waals surface area contributed by atoms with Crippen LogP contribution in [-0.2, 0) is 20.8 Å². The lowest BCUT2D eigenvalue weighted by Gasteiger charge is -2.12. The molecule has 17 heavy (non-hydrogen) atoms. The minimum Gasteiger partial charge on any atom is -0.374 e. The topological polar surface area (TPSA) is 31.0 Å². The van der Waals surface area contributed by atoms with Crippen LogP contribution in [0, 0.1) is 0 Å². The van der Waals surface area contributed by atoms with Crippen molar-refractivity contribution in [2.45, 2.75) is 24.9 Å². The Kier molecular flexibility index (Phi) is 3.28. The Morgan fingerprint density at radius 2 is 2.24 bits per heavy atom. The van der Waals surface area contributed by atoms with E-state index < -0.39 is 0 Å². The van der Waals surface area contributed by atoms with Crippen molar-refractivity contribution in [3.8, 4) is 0 Å². The average molecular weight is 275 g/mol. The van der Waals surface area contributed by atoms with E-state index in [1.807, 2.05) is 6.07 Å². The summed E-state index contributed by atoms with van der Waals surface area (Å²) in [7, 11) is 0. The number of hydrogen-bond acceptors (Lipinski definition) is 3. The van der Waals surface area contributed by atoms with Gasteiger partial charge in [0.2, 0.25) is 0 Å². The van der Waals surface area contributed by atoms with Crippen LogP contribution in [0.5, 0.6) is 0 Å². The Bertz CT molecular complexity index is 424. The van der Waals surface area contributed by atoms with E-state index in [-0.39, 0.29) is 12.2 Å². The molecule has 3 nitrogen and oxygen atoms in total. The molecule has 2 heterocycles. The van der Waals surface area contributed by atoms with Crippen molar-refractivity contribution >= 4 is 23.2 Å². The quantitative estimate of drug-likeness (QED) is 0.791. The van der Waals surface area contributed by atoms with Gasteiger partial charge in [-0.05, 0) is 17.7 Å². The molecule has 0 bridgehead atoms. The predicted octanol–water partition coefficient (Wildman–Crippen LogP) is 2.68. The maximum Gasteiger partial charge on any atom is 0.115 e. The summed E-state index contributed by atoms with van der Waals surface area (Å²) in [5.74, 6) is 0. The van der Waals surface area contributed by atoms with E-state index in [0.717, 1.165) is 5.56 Å². The van der Waals surface area contributed by atoms with Crippen LogP contribution in [0.2, 0.25) is 10.0 Å². The lowest BCUT2D eigenvalue weighted by atomic mass is 10.2. The summed E-state index contributed by atoms with van der Waals surface area (Å²) in [5, 5.41) is 1.26. The molecule has 92 valence electrons. The molecule has 3 unspecified atom stereocenters. The third-order valence-electron chi connectivity index (χ3n) is 3.02. The van der Waals surface area contributed by atoms with Gasteiger partial charge < -0.3 is 14.2 Å². The summed E-state index contributed by atoms with van der Waals surface area (Å²) < 4.78 is 16.4. The summed E-state index contributed by atoms with van der Waals surface area (Å²) in [4.78, 5) is 0. The number of ether oxygens (including phenoxy) is 3. The van der Waals surface area contributed by atoms with Gasteiger partial charge in [-0.1, -0.05) is 29.3 Å². The first-order chi connectivity index (χ1) is 8.24. The zero-order valence-electron chi connectivity index (χ0n) is 9.07. The normalized spacial score (nSPS) is 30.4. The minimum absolute atomic E-state index is 0.0751. The third-order valence-corrected chi connectivity index (χ3v) is 3.60. The second kappa shape index (κ2) is 4.75. The van der Waals surface area contributed by atoms with Gasteiger partial charge in [0, 0.05) is 10.0 Å². The molecular formula is C12H12Cl2O3. The largest absolute Gasteiger partial charge is 0.374 e. The fraction of sp³-hybridized carbons (Fsp3) is 0.500. The van der Waals surface area contributed by atoms with E-state index >= 15 is 0 Å². The number of hydrogen-bond donors (Lipinski definition) is 0. The highest BCUT2D eigenvalue weighted by Crippen LogP contribution is 2.34. The summed E-state index contributed by atoms with van der Waals surface area (Å²) >= 11 is 11.9. The number of benzene rings is 1. The molecule has 0 N–H and O–H groups in total. The SMILES string of the molecule is Clc1ccc(COCC2OCC3OC23)c(Cl)c1. The van der Waals surface area contributed by atoms with E-state index in [1.165, 1.54) is 0 Å². The molecule has 2 fully saturated rings. The maximum absolute atomic E-state index is 6.04. The summed E-state index contributed by atoms with van der Waals surface area (Å²) in [6, 6.07) is 5.39. The van der Waals surface area contributed by atoms with Crippen LogP contribution in [0.4, 0.5) is 0 Å². The van der Waals surface area contributed by atoms with Gasteiger partial charge in [-0.3, -0.25) is 0 Å². The van der Waals surface area contributed by atoms with Crippen LogP contribution in [0.15, 0.2) is 18.2 Å². The zero-order chi connectivity index (χ0) is 11.8. The Hall–Kier alpha value is -0.320. The fourth-order valence-corrected chi connectivity index (χ4v) is 2.46. The van der Waals surface area contributed by atoms with Crippen molar-refractivity contribution in [3.05, 3.63) is 33.8 Å². The monoisotopic (exact) mass is 274 g/mol. The summed E-state index contributed by atoms with van der Waals surface area (Å²) in [6.07, 6.45) is 0.629. The van der Waals surface area contributed by atoms with Crippen molar-refractivity contribution in [3.63, 3.8) is 0 Å². The molecule has 3 atom stereocenters. The first kappa shape index (κ1) is 11.8. The molecule has 1 aromatic rings. The van der Waals surface area contributed by atoms with Gasteiger partial charge in [0.1, 0.15) is 18.3 Å². The van der Waals surface area contributed by atoms with Gasteiger partial charge in [-0.15, -0.1) is 0 Å². The second-order valence-electron chi connectivity index (χ2n) is 4.26. The smallest absolute Gasteiger partial charge is 0.115 e. The highest BCUT2D eigenvalue weighted by Gasteiger charge is 2.51. The molecule has 3 rings (SSSR count). The number of halogens is 2. The number of epoxide rings is 1. The van der Waals surface area contributed by atoms with Crippen LogP contribution >= 0.6 is 23.2 Å². The molecule has 2 saturated heterocycles. The van der Waals surface area contributed by atoms with Crippen molar-refractivity contribution < 1.29 is 14.2 Å². The average Bonchev–Trinajstić information content (AvgIpc) is 2.97. The zero-order valence-corrected chi connectivity index (χ0v) is 10.6. The third kappa shape index (κ3) is 2.59. The first-order valence-corrected chi connectivity index (χ1v) is 6.28. The fourth-order valence-electron chi connectivity index (χ4n) is 2.00. The molecule has 0 aromatic heterocycles. The van der Waals surface area contributed by atoms with E-state index in [4.69, 9.17) is 37.4 Å². The van der Waals surface area contributed by atoms with Crippen LogP contribution < -0.4 is 0 Å². The molecule has 0 amide bonds. The second-order valence-corrected chi connectivity index (χ2v) is 5.11.